The zero-order valence-electron chi connectivity index (χ0n) is 81.4. The third kappa shape index (κ3) is 25.6. The van der Waals surface area contributed by atoms with Crippen LogP contribution in [0.15, 0.2) is 64.6 Å². The fourth-order valence-electron chi connectivity index (χ4n) is 22.4. The number of thiophene rings is 3. The molecule has 0 N–H and O–H groups in total. The minimum absolute atomic E-state index is 1.16. The number of furan rings is 1. The van der Waals surface area contributed by atoms with E-state index in [1.807, 2.05) is 17.6 Å². The summed E-state index contributed by atoms with van der Waals surface area (Å²) in [6, 6.07) is 44.0. The van der Waals surface area contributed by atoms with Gasteiger partial charge in [-0.1, -0.05) is 388 Å². The normalized spacial score (nSPS) is 12.7. The quantitative estimate of drug-likeness (QED) is 0.0210. The van der Waals surface area contributed by atoms with Gasteiger partial charge < -0.3 is 4.42 Å². The van der Waals surface area contributed by atoms with Crippen LogP contribution >= 0.6 is 34.0 Å². The zero-order valence-corrected chi connectivity index (χ0v) is 87.9. The predicted octanol–water partition coefficient (Wildman–Crippen LogP) is 40.4. The van der Waals surface area contributed by atoms with Gasteiger partial charge in [-0.25, -0.2) is 0 Å². The van der Waals surface area contributed by atoms with Gasteiger partial charge in [0, 0.05) is 34.8 Å². The van der Waals surface area contributed by atoms with Gasteiger partial charge in [-0.3, -0.25) is 0 Å². The molecular formula is C112H180OS3Si4. The van der Waals surface area contributed by atoms with Crippen LogP contribution in [0.4, 0.5) is 0 Å². The molecule has 10 aromatic rings. The number of aryl methyl sites for hydroxylation is 10. The van der Waals surface area contributed by atoms with E-state index < -0.39 is 32.3 Å². The van der Waals surface area contributed by atoms with Gasteiger partial charge in [0.15, 0.2) is 0 Å². The Balaban J connectivity index is 0.000000275. The summed E-state index contributed by atoms with van der Waals surface area (Å²) in [5.41, 5.74) is 14.5. The maximum atomic E-state index is 6.69. The lowest BCUT2D eigenvalue weighted by Gasteiger charge is -2.30. The number of fused-ring (bicyclic) bond motifs is 8. The third-order valence-corrected chi connectivity index (χ3v) is 59.2. The Morgan fingerprint density at radius 2 is 0.467 bits per heavy atom. The van der Waals surface area contributed by atoms with E-state index in [2.05, 4.69) is 201 Å². The second-order valence-electron chi connectivity index (χ2n) is 38.9. The van der Waals surface area contributed by atoms with Crippen molar-refractivity contribution in [3.05, 3.63) is 114 Å². The van der Waals surface area contributed by atoms with Gasteiger partial charge in [-0.05, 0) is 255 Å². The summed E-state index contributed by atoms with van der Waals surface area (Å²) >= 11 is 6.46. The number of hydrogen-bond donors (Lipinski definition) is 0. The van der Waals surface area contributed by atoms with Crippen LogP contribution in [-0.2, 0) is 64.2 Å². The topological polar surface area (TPSA) is 13.1 Å². The molecule has 0 aliphatic heterocycles. The Morgan fingerprint density at radius 1 is 0.217 bits per heavy atom. The molecule has 0 saturated carbocycles. The molecule has 0 fully saturated rings. The highest BCUT2D eigenvalue weighted by atomic mass is 32.1. The second-order valence-corrected chi connectivity index (χ2v) is 64.6. The molecule has 0 atom stereocenters. The van der Waals surface area contributed by atoms with Crippen molar-refractivity contribution in [2.24, 2.45) is 0 Å². The first kappa shape index (κ1) is 100. The van der Waals surface area contributed by atoms with Crippen LogP contribution in [-0.4, -0.2) is 32.3 Å². The highest BCUT2D eigenvalue weighted by Gasteiger charge is 2.34. The summed E-state index contributed by atoms with van der Waals surface area (Å²) in [6.07, 6.45) is 57.9. The van der Waals surface area contributed by atoms with Crippen LogP contribution in [0.25, 0.3) is 84.3 Å². The summed E-state index contributed by atoms with van der Waals surface area (Å²) in [7, 11) is -5.27. The van der Waals surface area contributed by atoms with Crippen LogP contribution in [0.1, 0.15) is 384 Å². The zero-order chi connectivity index (χ0) is 85.9. The molecule has 0 radical (unpaired) electrons. The Kier molecular flexibility index (Phi) is 43.7. The van der Waals surface area contributed by atoms with Crippen molar-refractivity contribution in [3.8, 4) is 0 Å². The first-order valence-corrected chi connectivity index (χ1v) is 66.2. The molecule has 0 unspecified atom stereocenters. The van der Waals surface area contributed by atoms with E-state index in [0.29, 0.717) is 0 Å². The highest BCUT2D eigenvalue weighted by Crippen LogP contribution is 2.50. The van der Waals surface area contributed by atoms with Crippen molar-refractivity contribution in [3.63, 3.8) is 0 Å². The Morgan fingerprint density at radius 3 is 0.800 bits per heavy atom. The first-order chi connectivity index (χ1) is 58.6. The molecule has 6 aromatic carbocycles. The van der Waals surface area contributed by atoms with Crippen LogP contribution in [0.2, 0.25) is 96.7 Å². The van der Waals surface area contributed by atoms with E-state index in [1.54, 1.807) is 117 Å². The summed E-state index contributed by atoms with van der Waals surface area (Å²) in [5, 5.41) is 21.6. The molecule has 120 heavy (non-hydrogen) atoms. The summed E-state index contributed by atoms with van der Waals surface area (Å²) in [5.74, 6) is 0. The smallest absolute Gasteiger partial charge is 0.137 e. The molecule has 0 bridgehead atoms. The van der Waals surface area contributed by atoms with E-state index in [1.165, 1.54) is 382 Å². The average molecular weight is 1750 g/mol. The first-order valence-electron chi connectivity index (χ1n) is 52.3. The molecule has 4 heterocycles. The van der Waals surface area contributed by atoms with E-state index in [4.69, 9.17) is 4.42 Å². The minimum atomic E-state index is -1.34. The molecule has 8 heteroatoms. The standard InChI is InChI=1S/C62H98S2.C50H82OSSi4/c1-7-13-19-25-29-35-41-51-55-47-58-54(44-38-32-28-22-16-10-4)62-60(46-50(64-62)40-34-24-18-12-6)52(42-36-30-26-20-14-8-2)56(58)48-57(55)53(43-37-31-27-21-15-9-3)61-59(51)45-49(63-61)39-33-23-17-11-5;1-13-53(14-2,15-3)33-27-39-41-25-31-51-49(41)42(29-35-55(19-7,20-8)21-9)47-37-46-40(28-34-54(16-4,17-5)18-6)43-26-32-52-50(43)44(48(46)38-45(39)47)30-36-56(22-10,23-11)24-12/h45-48H,7-44H2,1-6H3;25-26,31-32,37-38H,13-24,27-30,33-36H2,1-12H3. The maximum absolute atomic E-state index is 6.69. The van der Waals surface area contributed by atoms with Gasteiger partial charge in [0.25, 0.3) is 0 Å². The summed E-state index contributed by atoms with van der Waals surface area (Å²) in [4.78, 5) is 3.30. The molecule has 0 amide bonds. The third-order valence-electron chi connectivity index (χ3n) is 32.5. The number of unbranched alkanes of at least 4 members (excludes halogenated alkanes) is 26. The van der Waals surface area contributed by atoms with Crippen molar-refractivity contribution >= 4 is 151 Å². The monoisotopic (exact) mass is 1750 g/mol. The molecule has 10 rings (SSSR count). The van der Waals surface area contributed by atoms with E-state index in [0.717, 1.165) is 6.42 Å². The van der Waals surface area contributed by atoms with Gasteiger partial charge in [0.1, 0.15) is 5.58 Å². The maximum Gasteiger partial charge on any atom is 0.137 e. The van der Waals surface area contributed by atoms with Gasteiger partial charge in [0.2, 0.25) is 0 Å². The van der Waals surface area contributed by atoms with Crippen LogP contribution in [0, 0.1) is 0 Å². The average Bonchev–Trinajstić information content (AvgIpc) is 1.46. The molecule has 668 valence electrons. The highest BCUT2D eigenvalue weighted by molar-refractivity contribution is 7.20. The molecule has 1 nitrogen and oxygen atoms in total. The molecule has 0 aliphatic rings. The fourth-order valence-corrected chi connectivity index (χ4v) is 39.4. The predicted molar refractivity (Wildman–Crippen MR) is 566 cm³/mol. The number of benzene rings is 6. The SMILES string of the molecule is CCCCCCCCc1c2cc3c(CCCCCCCC)c4sc(CCCCCC)cc4c(CCCCCCCC)c3cc2c(CCCCCCCC)c2sc(CCCCCC)cc12.CC[Si](CC)(CC)CCc1c2cc3c(CC[Si](CC)(CC)CC)c4sccc4c(CC[Si](CC)(CC)CC)c3cc2c(CC[Si](CC)(CC)CC)c2occc12. The lowest BCUT2D eigenvalue weighted by molar-refractivity contribution is 0.608. The van der Waals surface area contributed by atoms with Gasteiger partial charge in [0.05, 0.1) is 38.6 Å². The van der Waals surface area contributed by atoms with E-state index in [9.17, 15) is 0 Å². The van der Waals surface area contributed by atoms with Gasteiger partial charge in [-0.2, -0.15) is 0 Å². The molecule has 0 spiro atoms. The molecular weight excluding hydrogens is 1570 g/mol. The largest absolute Gasteiger partial charge is 0.464 e. The van der Waals surface area contributed by atoms with Crippen LogP contribution in [0.5, 0.6) is 0 Å². The fraction of sp³-hybridized carbons (Fsp3) is 0.679. The van der Waals surface area contributed by atoms with Crippen molar-refractivity contribution in [2.75, 3.05) is 0 Å². The van der Waals surface area contributed by atoms with Gasteiger partial charge >= 0.3 is 0 Å². The Hall–Kier alpha value is -3.35. The number of rotatable bonds is 62. The lowest BCUT2D eigenvalue weighted by Crippen LogP contribution is -2.32. The van der Waals surface area contributed by atoms with Crippen molar-refractivity contribution in [2.45, 2.75) is 491 Å². The van der Waals surface area contributed by atoms with Crippen molar-refractivity contribution < 1.29 is 4.42 Å². The van der Waals surface area contributed by atoms with Crippen molar-refractivity contribution in [1.29, 1.82) is 0 Å². The van der Waals surface area contributed by atoms with E-state index in [-0.39, 0.29) is 0 Å². The summed E-state index contributed by atoms with van der Waals surface area (Å²) < 4.78 is 11.6. The van der Waals surface area contributed by atoms with Crippen LogP contribution in [0.3, 0.4) is 0 Å². The Bertz CT molecular complexity index is 4040. The lowest BCUT2D eigenvalue weighted by atomic mass is 9.85. The molecule has 4 aromatic heterocycles. The van der Waals surface area contributed by atoms with Gasteiger partial charge in [-0.15, -0.1) is 34.0 Å². The van der Waals surface area contributed by atoms with Crippen LogP contribution < -0.4 is 0 Å². The molecule has 0 saturated heterocycles. The minimum Gasteiger partial charge on any atom is -0.464 e. The molecule has 0 aliphatic carbocycles. The number of hydrogen-bond acceptors (Lipinski definition) is 4. The summed E-state index contributed by atoms with van der Waals surface area (Å²) in [6.45, 7) is 44.1. The van der Waals surface area contributed by atoms with E-state index >= 15 is 0 Å². The van der Waals surface area contributed by atoms with Crippen molar-refractivity contribution in [1.82, 2.24) is 0 Å². The Labute approximate surface area is 754 Å². The second kappa shape index (κ2) is 52.2.